The second-order valence-corrected chi connectivity index (χ2v) is 4.96. The van der Waals surface area contributed by atoms with Crippen molar-refractivity contribution in [1.29, 1.82) is 0 Å². The van der Waals surface area contributed by atoms with Gasteiger partial charge in [-0.1, -0.05) is 0 Å². The van der Waals surface area contributed by atoms with Crippen LogP contribution in [0.15, 0.2) is 0 Å². The van der Waals surface area contributed by atoms with Gasteiger partial charge >= 0.3 is 0 Å². The van der Waals surface area contributed by atoms with Gasteiger partial charge < -0.3 is 61.3 Å². The highest BCUT2D eigenvalue weighted by atomic mass is 16.4. The molecule has 148 valence electrons. The molecule has 0 heterocycles. The quantitative estimate of drug-likeness (QED) is 0.173. The van der Waals surface area contributed by atoms with E-state index in [4.69, 9.17) is 61.3 Å². The van der Waals surface area contributed by atoms with Gasteiger partial charge in [-0.25, -0.2) is 0 Å². The molecule has 8 atom stereocenters. The molecule has 0 bridgehead atoms. The third kappa shape index (κ3) is 9.12. The maximum Gasteiger partial charge on any atom is 0.111 e. The first-order valence-corrected chi connectivity index (χ1v) is 6.96. The zero-order valence-electron chi connectivity index (χ0n) is 12.8. The summed E-state index contributed by atoms with van der Waals surface area (Å²) in [5.41, 5.74) is 0. The largest absolute Gasteiger partial charge is 0.394 e. The van der Waals surface area contributed by atoms with E-state index in [1.165, 1.54) is 0 Å². The van der Waals surface area contributed by atoms with Crippen molar-refractivity contribution < 1.29 is 61.3 Å². The fraction of sp³-hybridized carbons (Fsp3) is 1.00. The standard InChI is InChI=1S/2C6H14O6/c2*7-1-3(9)5(11)6(12)4(10)2-8/h2*3-12H,1-2H2/t3-,4-,5+,6+;3-,4-,5-,6+/m11/s1. The predicted molar refractivity (Wildman–Crippen MR) is 76.4 cm³/mol. The van der Waals surface area contributed by atoms with Gasteiger partial charge in [-0.15, -0.1) is 0 Å². The van der Waals surface area contributed by atoms with Crippen LogP contribution in [0, 0.1) is 0 Å². The zero-order chi connectivity index (χ0) is 19.4. The molecule has 0 rings (SSSR count). The molecule has 0 aromatic rings. The minimum absolute atomic E-state index is 0.726. The van der Waals surface area contributed by atoms with E-state index in [1.807, 2.05) is 0 Å². The number of rotatable bonds is 10. The van der Waals surface area contributed by atoms with Crippen molar-refractivity contribution in [2.45, 2.75) is 48.8 Å². The molecule has 12 nitrogen and oxygen atoms in total. The maximum absolute atomic E-state index is 8.96. The van der Waals surface area contributed by atoms with Crippen LogP contribution in [0.2, 0.25) is 0 Å². The lowest BCUT2D eigenvalue weighted by atomic mass is 10.0. The van der Waals surface area contributed by atoms with Crippen molar-refractivity contribution in [3.63, 3.8) is 0 Å². The van der Waals surface area contributed by atoms with Crippen LogP contribution in [-0.2, 0) is 0 Å². The third-order valence-electron chi connectivity index (χ3n) is 3.02. The van der Waals surface area contributed by atoms with Crippen molar-refractivity contribution in [2.24, 2.45) is 0 Å². The van der Waals surface area contributed by atoms with Crippen molar-refractivity contribution >= 4 is 0 Å². The van der Waals surface area contributed by atoms with Crippen LogP contribution in [0.3, 0.4) is 0 Å². The van der Waals surface area contributed by atoms with Gasteiger partial charge in [-0.3, -0.25) is 0 Å². The summed E-state index contributed by atoms with van der Waals surface area (Å²) in [7, 11) is 0. The molecule has 0 saturated heterocycles. The number of hydrogen-bond acceptors (Lipinski definition) is 12. The SMILES string of the molecule is OC[C@@H](O)[C@H](O)[C@@H](O)[C@H](O)CO.OC[C@@H](O)[C@H](O)[C@H](O)[C@H](O)CO. The highest BCUT2D eigenvalue weighted by Gasteiger charge is 2.30. The average molecular weight is 364 g/mol. The smallest absolute Gasteiger partial charge is 0.111 e. The van der Waals surface area contributed by atoms with Gasteiger partial charge in [-0.2, -0.15) is 0 Å². The van der Waals surface area contributed by atoms with Gasteiger partial charge in [0.1, 0.15) is 48.8 Å². The summed E-state index contributed by atoms with van der Waals surface area (Å²) in [6.07, 6.45) is -12.8. The summed E-state index contributed by atoms with van der Waals surface area (Å²) in [5.74, 6) is 0. The Kier molecular flexibility index (Phi) is 14.8. The molecule has 12 heteroatoms. The second kappa shape index (κ2) is 13.8. The van der Waals surface area contributed by atoms with Gasteiger partial charge in [-0.05, 0) is 0 Å². The van der Waals surface area contributed by atoms with Crippen LogP contribution in [0.25, 0.3) is 0 Å². The van der Waals surface area contributed by atoms with E-state index in [2.05, 4.69) is 0 Å². The molecular weight excluding hydrogens is 336 g/mol. The third-order valence-corrected chi connectivity index (χ3v) is 3.02. The Morgan fingerprint density at radius 3 is 0.542 bits per heavy atom. The van der Waals surface area contributed by atoms with Gasteiger partial charge in [0.2, 0.25) is 0 Å². The lowest BCUT2D eigenvalue weighted by Crippen LogP contribution is -2.46. The minimum atomic E-state index is -1.67. The molecule has 0 aliphatic heterocycles. The molecule has 0 amide bonds. The molecule has 0 aromatic heterocycles. The average Bonchev–Trinajstić information content (AvgIpc) is 2.62. The molecule has 0 unspecified atom stereocenters. The van der Waals surface area contributed by atoms with Crippen LogP contribution in [0.4, 0.5) is 0 Å². The van der Waals surface area contributed by atoms with E-state index in [-0.39, 0.29) is 0 Å². The van der Waals surface area contributed by atoms with Crippen molar-refractivity contribution in [2.75, 3.05) is 26.4 Å². The summed E-state index contributed by atoms with van der Waals surface area (Å²) in [6, 6.07) is 0. The van der Waals surface area contributed by atoms with Crippen molar-refractivity contribution in [3.05, 3.63) is 0 Å². The van der Waals surface area contributed by atoms with Gasteiger partial charge in [0.05, 0.1) is 26.4 Å². The molecule has 0 fully saturated rings. The van der Waals surface area contributed by atoms with Crippen molar-refractivity contribution in [3.8, 4) is 0 Å². The summed E-state index contributed by atoms with van der Waals surface area (Å²) < 4.78 is 0. The molecule has 0 aromatic carbocycles. The Morgan fingerprint density at radius 2 is 0.458 bits per heavy atom. The Balaban J connectivity index is 0. The zero-order valence-corrected chi connectivity index (χ0v) is 12.8. The van der Waals surface area contributed by atoms with Crippen LogP contribution in [0.1, 0.15) is 0 Å². The molecule has 0 aliphatic rings. The first-order chi connectivity index (χ1) is 11.1. The number of aliphatic hydroxyl groups excluding tert-OH is 12. The first kappa shape index (κ1) is 25.8. The fourth-order valence-electron chi connectivity index (χ4n) is 1.34. The minimum Gasteiger partial charge on any atom is -0.394 e. The molecule has 12 N–H and O–H groups in total. The topological polar surface area (TPSA) is 243 Å². The van der Waals surface area contributed by atoms with E-state index in [0.29, 0.717) is 0 Å². The maximum atomic E-state index is 8.96. The number of aliphatic hydroxyl groups is 12. The second-order valence-electron chi connectivity index (χ2n) is 4.96. The van der Waals surface area contributed by atoms with Crippen molar-refractivity contribution in [1.82, 2.24) is 0 Å². The monoisotopic (exact) mass is 364 g/mol. The van der Waals surface area contributed by atoms with E-state index in [0.717, 1.165) is 0 Å². The molecule has 0 radical (unpaired) electrons. The summed E-state index contributed by atoms with van der Waals surface area (Å²) >= 11 is 0. The molecular formula is C12H28O12. The summed E-state index contributed by atoms with van der Waals surface area (Å²) in [4.78, 5) is 0. The first-order valence-electron chi connectivity index (χ1n) is 6.96. The normalized spacial score (nSPS) is 21.5. The molecule has 0 saturated carbocycles. The molecule has 24 heavy (non-hydrogen) atoms. The molecule has 0 aliphatic carbocycles. The summed E-state index contributed by atoms with van der Waals surface area (Å²) in [5, 5.41) is 104. The van der Waals surface area contributed by atoms with E-state index in [9.17, 15) is 0 Å². The van der Waals surface area contributed by atoms with Crippen LogP contribution >= 0.6 is 0 Å². The van der Waals surface area contributed by atoms with Crippen LogP contribution in [0.5, 0.6) is 0 Å². The predicted octanol–water partition coefficient (Wildman–Crippen LogP) is -7.17. The van der Waals surface area contributed by atoms with Gasteiger partial charge in [0.15, 0.2) is 0 Å². The Labute approximate surface area is 137 Å². The lowest BCUT2D eigenvalue weighted by Gasteiger charge is -2.24. The Hall–Kier alpha value is -0.480. The Morgan fingerprint density at radius 1 is 0.333 bits per heavy atom. The van der Waals surface area contributed by atoms with Gasteiger partial charge in [0.25, 0.3) is 0 Å². The van der Waals surface area contributed by atoms with Gasteiger partial charge in [0, 0.05) is 0 Å². The van der Waals surface area contributed by atoms with E-state index < -0.39 is 75.3 Å². The molecule has 0 spiro atoms. The Bertz CT molecular complexity index is 237. The highest BCUT2D eigenvalue weighted by Crippen LogP contribution is 2.04. The van der Waals surface area contributed by atoms with Crippen LogP contribution < -0.4 is 0 Å². The lowest BCUT2D eigenvalue weighted by molar-refractivity contribution is -0.123. The summed E-state index contributed by atoms with van der Waals surface area (Å²) in [6.45, 7) is -2.90. The fourth-order valence-corrected chi connectivity index (χ4v) is 1.34. The highest BCUT2D eigenvalue weighted by molar-refractivity contribution is 4.80. The van der Waals surface area contributed by atoms with E-state index in [1.54, 1.807) is 0 Å². The number of hydrogen-bond donors (Lipinski definition) is 12. The van der Waals surface area contributed by atoms with Crippen LogP contribution in [-0.4, -0.2) is 137 Å². The van der Waals surface area contributed by atoms with E-state index >= 15 is 0 Å².